The van der Waals surface area contributed by atoms with E-state index in [0.29, 0.717) is 23.7 Å². The van der Waals surface area contributed by atoms with Crippen LogP contribution in [0.2, 0.25) is 0 Å². The van der Waals surface area contributed by atoms with Crippen LogP contribution < -0.4 is 0 Å². The van der Waals surface area contributed by atoms with Crippen molar-refractivity contribution in [3.8, 4) is 0 Å². The molecule has 2 aromatic rings. The molecule has 0 radical (unpaired) electrons. The van der Waals surface area contributed by atoms with E-state index in [4.69, 9.17) is 0 Å². The quantitative estimate of drug-likeness (QED) is 0.389. The molecule has 6 heteroatoms. The van der Waals surface area contributed by atoms with Crippen LogP contribution in [0.4, 0.5) is 0 Å². The second-order valence-corrected chi connectivity index (χ2v) is 10.4. The third kappa shape index (κ3) is 5.25. The highest BCUT2D eigenvalue weighted by Gasteiger charge is 2.21. The van der Waals surface area contributed by atoms with E-state index >= 15 is 0 Å². The van der Waals surface area contributed by atoms with E-state index in [1.807, 2.05) is 34.0 Å². The predicted octanol–water partition coefficient (Wildman–Crippen LogP) is 6.16. The normalized spacial score (nSPS) is 14.6. The van der Waals surface area contributed by atoms with E-state index in [1.165, 1.54) is 10.0 Å². The second kappa shape index (κ2) is 9.30. The fourth-order valence-electron chi connectivity index (χ4n) is 2.18. The molecule has 2 aromatic heterocycles. The summed E-state index contributed by atoms with van der Waals surface area (Å²) in [6.07, 6.45) is 3.84. The molecular formula is C16H24N2S4. The summed E-state index contributed by atoms with van der Waals surface area (Å²) in [5, 5.41) is 6.73. The second-order valence-electron chi connectivity index (χ2n) is 6.01. The third-order valence-corrected chi connectivity index (χ3v) is 8.01. The van der Waals surface area contributed by atoms with Gasteiger partial charge in [0.05, 0.1) is 10.0 Å². The lowest BCUT2D eigenvalue weighted by Crippen LogP contribution is -2.10. The van der Waals surface area contributed by atoms with Crippen LogP contribution in [-0.4, -0.2) is 21.5 Å². The van der Waals surface area contributed by atoms with Crippen LogP contribution in [0.25, 0.3) is 0 Å². The van der Waals surface area contributed by atoms with Gasteiger partial charge in [0.25, 0.3) is 0 Å². The zero-order chi connectivity index (χ0) is 15.9. The number of nitrogens with zero attached hydrogens (tertiary/aromatic N) is 2. The Hall–Kier alpha value is -0.0400. The number of thiazole rings is 2. The van der Waals surface area contributed by atoms with Crippen molar-refractivity contribution in [3.05, 3.63) is 33.2 Å². The Morgan fingerprint density at radius 1 is 0.818 bits per heavy atom. The SMILES string of the molecule is CC(C)C(CSSCC(c1nccs1)C(C)C)c1nccs1. The van der Waals surface area contributed by atoms with Crippen LogP contribution in [0, 0.1) is 11.8 Å². The van der Waals surface area contributed by atoms with Gasteiger partial charge in [-0.25, -0.2) is 9.97 Å². The molecule has 0 amide bonds. The zero-order valence-electron chi connectivity index (χ0n) is 13.6. The molecule has 0 aromatic carbocycles. The standard InChI is InChI=1S/C16H24N2S4/c1-11(2)13(15-17-5-7-19-15)9-21-22-10-14(12(3)4)16-18-6-8-20-16/h5-8,11-14H,9-10H2,1-4H3. The molecule has 0 spiro atoms. The van der Waals surface area contributed by atoms with E-state index in [2.05, 4.69) is 48.4 Å². The number of aromatic nitrogens is 2. The molecular weight excluding hydrogens is 348 g/mol. The van der Waals surface area contributed by atoms with Crippen LogP contribution in [-0.2, 0) is 0 Å². The van der Waals surface area contributed by atoms with Crippen LogP contribution in [0.15, 0.2) is 23.2 Å². The Labute approximate surface area is 150 Å². The maximum Gasteiger partial charge on any atom is 0.0966 e. The molecule has 122 valence electrons. The molecule has 2 rings (SSSR count). The molecule has 2 heterocycles. The van der Waals surface area contributed by atoms with Gasteiger partial charge in [0, 0.05) is 46.5 Å². The van der Waals surface area contributed by atoms with Crippen molar-refractivity contribution in [1.82, 2.24) is 9.97 Å². The predicted molar refractivity (Wildman–Crippen MR) is 104 cm³/mol. The van der Waals surface area contributed by atoms with Gasteiger partial charge in [0.2, 0.25) is 0 Å². The average molecular weight is 373 g/mol. The van der Waals surface area contributed by atoms with E-state index < -0.39 is 0 Å². The highest BCUT2D eigenvalue weighted by atomic mass is 33.1. The van der Waals surface area contributed by atoms with E-state index in [-0.39, 0.29) is 0 Å². The fourth-order valence-corrected chi connectivity index (χ4v) is 7.24. The van der Waals surface area contributed by atoms with Gasteiger partial charge < -0.3 is 0 Å². The number of hydrogen-bond acceptors (Lipinski definition) is 6. The van der Waals surface area contributed by atoms with Gasteiger partial charge in [-0.05, 0) is 11.8 Å². The van der Waals surface area contributed by atoms with E-state index in [0.717, 1.165) is 11.5 Å². The van der Waals surface area contributed by atoms with Gasteiger partial charge in [-0.1, -0.05) is 49.3 Å². The highest BCUT2D eigenvalue weighted by Crippen LogP contribution is 2.38. The van der Waals surface area contributed by atoms with Gasteiger partial charge in [-0.15, -0.1) is 22.7 Å². The summed E-state index contributed by atoms with van der Waals surface area (Å²) in [4.78, 5) is 9.02. The van der Waals surface area contributed by atoms with E-state index in [1.54, 1.807) is 22.7 Å². The van der Waals surface area contributed by atoms with Gasteiger partial charge in [-0.2, -0.15) is 0 Å². The summed E-state index contributed by atoms with van der Waals surface area (Å²) in [5.41, 5.74) is 0. The Morgan fingerprint density at radius 2 is 1.23 bits per heavy atom. The van der Waals surface area contributed by atoms with Crippen LogP contribution in [0.1, 0.15) is 49.5 Å². The Morgan fingerprint density at radius 3 is 1.50 bits per heavy atom. The zero-order valence-corrected chi connectivity index (χ0v) is 16.8. The average Bonchev–Trinajstić information content (AvgIpc) is 3.14. The lowest BCUT2D eigenvalue weighted by Gasteiger charge is -2.20. The first kappa shape index (κ1) is 18.3. The van der Waals surface area contributed by atoms with Crippen LogP contribution in [0.3, 0.4) is 0 Å². The summed E-state index contributed by atoms with van der Waals surface area (Å²) >= 11 is 3.57. The Balaban J connectivity index is 1.82. The van der Waals surface area contributed by atoms with Crippen molar-refractivity contribution in [1.29, 1.82) is 0 Å². The summed E-state index contributed by atoms with van der Waals surface area (Å²) < 4.78 is 0. The summed E-state index contributed by atoms with van der Waals surface area (Å²) in [6, 6.07) is 0. The molecule has 22 heavy (non-hydrogen) atoms. The largest absolute Gasteiger partial charge is 0.249 e. The Bertz CT molecular complexity index is 460. The molecule has 0 saturated heterocycles. The smallest absolute Gasteiger partial charge is 0.0966 e. The molecule has 2 nitrogen and oxygen atoms in total. The van der Waals surface area contributed by atoms with Crippen LogP contribution in [0.5, 0.6) is 0 Å². The molecule has 0 fully saturated rings. The maximum atomic E-state index is 4.51. The highest BCUT2D eigenvalue weighted by molar-refractivity contribution is 8.76. The Kier molecular flexibility index (Phi) is 7.74. The fraction of sp³-hybridized carbons (Fsp3) is 0.625. The molecule has 2 unspecified atom stereocenters. The summed E-state index contributed by atoms with van der Waals surface area (Å²) in [5.74, 6) is 4.68. The minimum absolute atomic E-state index is 0.565. The third-order valence-electron chi connectivity index (χ3n) is 3.73. The molecule has 0 aliphatic rings. The number of hydrogen-bond donors (Lipinski definition) is 0. The first-order valence-electron chi connectivity index (χ1n) is 7.62. The monoisotopic (exact) mass is 372 g/mol. The minimum Gasteiger partial charge on any atom is -0.249 e. The lowest BCUT2D eigenvalue weighted by atomic mass is 9.99. The number of rotatable bonds is 9. The summed E-state index contributed by atoms with van der Waals surface area (Å²) in [7, 11) is 3.98. The van der Waals surface area contributed by atoms with Gasteiger partial charge in [0.15, 0.2) is 0 Å². The van der Waals surface area contributed by atoms with Gasteiger partial charge >= 0.3 is 0 Å². The van der Waals surface area contributed by atoms with Crippen molar-refractivity contribution < 1.29 is 0 Å². The van der Waals surface area contributed by atoms with Crippen molar-refractivity contribution in [3.63, 3.8) is 0 Å². The van der Waals surface area contributed by atoms with Crippen molar-refractivity contribution in [2.75, 3.05) is 11.5 Å². The molecule has 0 bridgehead atoms. The first-order valence-corrected chi connectivity index (χ1v) is 11.9. The lowest BCUT2D eigenvalue weighted by molar-refractivity contribution is 0.539. The molecule has 2 atom stereocenters. The van der Waals surface area contributed by atoms with Crippen molar-refractivity contribution in [2.45, 2.75) is 39.5 Å². The van der Waals surface area contributed by atoms with Crippen molar-refractivity contribution >= 4 is 44.3 Å². The van der Waals surface area contributed by atoms with Crippen molar-refractivity contribution in [2.24, 2.45) is 11.8 Å². The van der Waals surface area contributed by atoms with Gasteiger partial charge in [0.1, 0.15) is 0 Å². The van der Waals surface area contributed by atoms with E-state index in [9.17, 15) is 0 Å². The van der Waals surface area contributed by atoms with Crippen LogP contribution >= 0.6 is 44.3 Å². The minimum atomic E-state index is 0.565. The molecule has 0 saturated carbocycles. The van der Waals surface area contributed by atoms with Gasteiger partial charge in [-0.3, -0.25) is 0 Å². The first-order chi connectivity index (χ1) is 10.6. The molecule has 0 aliphatic heterocycles. The maximum absolute atomic E-state index is 4.51. The topological polar surface area (TPSA) is 25.8 Å². The molecule has 0 N–H and O–H groups in total. The molecule has 0 aliphatic carbocycles. The summed E-state index contributed by atoms with van der Waals surface area (Å²) in [6.45, 7) is 9.18.